The molecule has 1 fully saturated rings. The van der Waals surface area contributed by atoms with Crippen molar-refractivity contribution in [3.8, 4) is 0 Å². The monoisotopic (exact) mass is 250 g/mol. The third-order valence-corrected chi connectivity index (χ3v) is 4.39. The fourth-order valence-electron chi connectivity index (χ4n) is 2.38. The van der Waals surface area contributed by atoms with Crippen molar-refractivity contribution in [3.63, 3.8) is 0 Å². The number of ether oxygens (including phenoxy) is 2. The number of aldehydes is 1. The lowest BCUT2D eigenvalue weighted by atomic mass is 9.93. The van der Waals surface area contributed by atoms with E-state index in [9.17, 15) is 4.79 Å². The van der Waals surface area contributed by atoms with Crippen LogP contribution in [0.2, 0.25) is 0 Å². The highest BCUT2D eigenvalue weighted by Crippen LogP contribution is 2.39. The lowest BCUT2D eigenvalue weighted by Gasteiger charge is -2.30. The summed E-state index contributed by atoms with van der Waals surface area (Å²) >= 11 is 1.55. The molecule has 4 heteroatoms. The SMILES string of the molecule is O=Cc1ccc(C2=CCC3(CC2)OCCO3)s1. The van der Waals surface area contributed by atoms with Crippen LogP contribution in [-0.2, 0) is 9.47 Å². The van der Waals surface area contributed by atoms with Crippen LogP contribution in [0.15, 0.2) is 18.2 Å². The number of allylic oxidation sites excluding steroid dienone is 1. The maximum absolute atomic E-state index is 10.7. The lowest BCUT2D eigenvalue weighted by molar-refractivity contribution is -0.159. The van der Waals surface area contributed by atoms with Gasteiger partial charge in [0.1, 0.15) is 0 Å². The molecule has 2 heterocycles. The molecule has 0 N–H and O–H groups in total. The second kappa shape index (κ2) is 4.37. The van der Waals surface area contributed by atoms with Crippen LogP contribution in [0, 0.1) is 0 Å². The molecule has 0 aromatic carbocycles. The fraction of sp³-hybridized carbons (Fsp3) is 0.462. The molecule has 0 unspecified atom stereocenters. The molecule has 1 aliphatic carbocycles. The maximum Gasteiger partial charge on any atom is 0.172 e. The zero-order chi connectivity index (χ0) is 11.7. The number of thiophene rings is 1. The highest BCUT2D eigenvalue weighted by molar-refractivity contribution is 7.14. The first-order chi connectivity index (χ1) is 8.31. The third kappa shape index (κ3) is 2.08. The average molecular weight is 250 g/mol. The summed E-state index contributed by atoms with van der Waals surface area (Å²) in [5.41, 5.74) is 1.31. The highest BCUT2D eigenvalue weighted by Gasteiger charge is 2.37. The summed E-state index contributed by atoms with van der Waals surface area (Å²) in [6, 6.07) is 3.90. The Morgan fingerprint density at radius 1 is 1.29 bits per heavy atom. The van der Waals surface area contributed by atoms with Crippen LogP contribution in [0.4, 0.5) is 0 Å². The summed E-state index contributed by atoms with van der Waals surface area (Å²) in [6.45, 7) is 1.41. The smallest absolute Gasteiger partial charge is 0.172 e. The molecule has 0 saturated carbocycles. The van der Waals surface area contributed by atoms with E-state index < -0.39 is 0 Å². The molecule has 1 saturated heterocycles. The zero-order valence-corrected chi connectivity index (χ0v) is 10.3. The normalized spacial score (nSPS) is 22.7. The van der Waals surface area contributed by atoms with E-state index in [0.29, 0.717) is 13.2 Å². The Kier molecular flexibility index (Phi) is 2.86. The molecule has 1 spiro atoms. The van der Waals surface area contributed by atoms with E-state index in [1.165, 1.54) is 10.5 Å². The van der Waals surface area contributed by atoms with Crippen molar-refractivity contribution >= 4 is 23.2 Å². The molecular formula is C13H14O3S. The zero-order valence-electron chi connectivity index (χ0n) is 9.48. The molecule has 1 aromatic rings. The van der Waals surface area contributed by atoms with Gasteiger partial charge in [-0.3, -0.25) is 4.79 Å². The topological polar surface area (TPSA) is 35.5 Å². The van der Waals surface area contributed by atoms with Crippen LogP contribution in [0.5, 0.6) is 0 Å². The summed E-state index contributed by atoms with van der Waals surface area (Å²) in [5.74, 6) is -0.353. The van der Waals surface area contributed by atoms with Gasteiger partial charge in [-0.25, -0.2) is 0 Å². The van der Waals surface area contributed by atoms with E-state index in [1.54, 1.807) is 11.3 Å². The molecule has 90 valence electrons. The summed E-state index contributed by atoms with van der Waals surface area (Å²) in [6.07, 6.45) is 5.78. The standard InChI is InChI=1S/C13H14O3S/c14-9-11-1-2-12(17-11)10-3-5-13(6-4-10)15-7-8-16-13/h1-3,9H,4-8H2. The van der Waals surface area contributed by atoms with Crippen LogP contribution in [0.3, 0.4) is 0 Å². The Morgan fingerprint density at radius 3 is 2.71 bits per heavy atom. The van der Waals surface area contributed by atoms with Gasteiger partial charge in [-0.05, 0) is 24.1 Å². The summed E-state index contributed by atoms with van der Waals surface area (Å²) in [5, 5.41) is 0. The van der Waals surface area contributed by atoms with Crippen molar-refractivity contribution in [2.24, 2.45) is 0 Å². The molecule has 0 atom stereocenters. The van der Waals surface area contributed by atoms with Crippen LogP contribution in [0.25, 0.3) is 5.57 Å². The van der Waals surface area contributed by atoms with E-state index >= 15 is 0 Å². The minimum atomic E-state index is -0.353. The number of rotatable bonds is 2. The Balaban J connectivity index is 1.77. The minimum absolute atomic E-state index is 0.353. The van der Waals surface area contributed by atoms with Gasteiger partial charge in [0.25, 0.3) is 0 Å². The molecule has 3 rings (SSSR count). The van der Waals surface area contributed by atoms with Crippen molar-refractivity contribution in [2.75, 3.05) is 13.2 Å². The molecular weight excluding hydrogens is 236 g/mol. The summed E-state index contributed by atoms with van der Waals surface area (Å²) in [4.78, 5) is 12.6. The highest BCUT2D eigenvalue weighted by atomic mass is 32.1. The van der Waals surface area contributed by atoms with Gasteiger partial charge in [0.2, 0.25) is 0 Å². The van der Waals surface area contributed by atoms with Gasteiger partial charge in [-0.1, -0.05) is 6.08 Å². The van der Waals surface area contributed by atoms with Crippen LogP contribution < -0.4 is 0 Å². The lowest BCUT2D eigenvalue weighted by Crippen LogP contribution is -2.31. The quantitative estimate of drug-likeness (QED) is 0.757. The van der Waals surface area contributed by atoms with E-state index in [-0.39, 0.29) is 5.79 Å². The molecule has 0 bridgehead atoms. The van der Waals surface area contributed by atoms with E-state index in [1.807, 2.05) is 12.1 Å². The van der Waals surface area contributed by atoms with E-state index in [0.717, 1.165) is 30.4 Å². The Hall–Kier alpha value is -0.970. The first kappa shape index (κ1) is 11.1. The summed E-state index contributed by atoms with van der Waals surface area (Å²) < 4.78 is 11.3. The summed E-state index contributed by atoms with van der Waals surface area (Å²) in [7, 11) is 0. The van der Waals surface area contributed by atoms with Gasteiger partial charge < -0.3 is 9.47 Å². The van der Waals surface area contributed by atoms with Crippen molar-refractivity contribution in [2.45, 2.75) is 25.0 Å². The molecule has 2 aliphatic rings. The molecule has 1 aromatic heterocycles. The van der Waals surface area contributed by atoms with Crippen molar-refractivity contribution in [1.29, 1.82) is 0 Å². The van der Waals surface area contributed by atoms with Crippen molar-refractivity contribution in [1.82, 2.24) is 0 Å². The van der Waals surface area contributed by atoms with Gasteiger partial charge in [-0.2, -0.15) is 0 Å². The van der Waals surface area contributed by atoms with Crippen molar-refractivity contribution in [3.05, 3.63) is 28.0 Å². The van der Waals surface area contributed by atoms with Crippen LogP contribution in [0.1, 0.15) is 33.8 Å². The number of hydrogen-bond donors (Lipinski definition) is 0. The average Bonchev–Trinajstić information content (AvgIpc) is 3.00. The number of carbonyl (C=O) groups is 1. The second-order valence-electron chi connectivity index (χ2n) is 4.36. The Labute approximate surface area is 104 Å². The van der Waals surface area contributed by atoms with Crippen molar-refractivity contribution < 1.29 is 14.3 Å². The maximum atomic E-state index is 10.7. The molecule has 3 nitrogen and oxygen atoms in total. The first-order valence-electron chi connectivity index (χ1n) is 5.84. The van der Waals surface area contributed by atoms with Gasteiger partial charge in [0.05, 0.1) is 18.1 Å². The minimum Gasteiger partial charge on any atom is -0.347 e. The predicted molar refractivity (Wildman–Crippen MR) is 66.2 cm³/mol. The molecule has 17 heavy (non-hydrogen) atoms. The Bertz CT molecular complexity index is 455. The van der Waals surface area contributed by atoms with Crippen LogP contribution >= 0.6 is 11.3 Å². The molecule has 1 aliphatic heterocycles. The third-order valence-electron chi connectivity index (χ3n) is 3.31. The van der Waals surface area contributed by atoms with E-state index in [2.05, 4.69) is 6.08 Å². The van der Waals surface area contributed by atoms with Crippen LogP contribution in [-0.4, -0.2) is 25.3 Å². The van der Waals surface area contributed by atoms with Gasteiger partial charge in [-0.15, -0.1) is 11.3 Å². The first-order valence-corrected chi connectivity index (χ1v) is 6.65. The predicted octanol–water partition coefficient (Wildman–Crippen LogP) is 2.87. The second-order valence-corrected chi connectivity index (χ2v) is 5.48. The fourth-order valence-corrected chi connectivity index (χ4v) is 3.27. The van der Waals surface area contributed by atoms with Gasteiger partial charge in [0, 0.05) is 17.7 Å². The van der Waals surface area contributed by atoms with Gasteiger partial charge in [0.15, 0.2) is 12.1 Å². The largest absolute Gasteiger partial charge is 0.347 e. The van der Waals surface area contributed by atoms with E-state index in [4.69, 9.17) is 9.47 Å². The molecule has 0 radical (unpaired) electrons. The number of hydrogen-bond acceptors (Lipinski definition) is 4. The molecule has 0 amide bonds. The Morgan fingerprint density at radius 2 is 2.12 bits per heavy atom. The van der Waals surface area contributed by atoms with Gasteiger partial charge >= 0.3 is 0 Å². The number of carbonyl (C=O) groups excluding carboxylic acids is 1.